The van der Waals surface area contributed by atoms with Gasteiger partial charge < -0.3 is 14.6 Å². The maximum atomic E-state index is 12.3. The van der Waals surface area contributed by atoms with Crippen molar-refractivity contribution in [3.05, 3.63) is 58.0 Å². The summed E-state index contributed by atoms with van der Waals surface area (Å²) in [6.07, 6.45) is 1.42. The second kappa shape index (κ2) is 6.92. The van der Waals surface area contributed by atoms with Crippen molar-refractivity contribution in [1.82, 2.24) is 4.57 Å². The number of rotatable bonds is 4. The quantitative estimate of drug-likeness (QED) is 0.748. The number of nitrogens with zero attached hydrogens (tertiary/aromatic N) is 2. The van der Waals surface area contributed by atoms with Crippen LogP contribution in [0, 0.1) is 0 Å². The van der Waals surface area contributed by atoms with E-state index in [4.69, 9.17) is 16.0 Å². The van der Waals surface area contributed by atoms with Gasteiger partial charge in [-0.3, -0.25) is 14.2 Å². The monoisotopic (exact) mass is 385 g/mol. The molecule has 0 saturated carbocycles. The fraction of sp³-hybridized carbons (Fsp3) is 0.211. The highest BCUT2D eigenvalue weighted by molar-refractivity contribution is 6.31. The fourth-order valence-corrected chi connectivity index (χ4v) is 3.34. The number of nitrogens with one attached hydrogen (secondary N) is 1. The minimum Gasteiger partial charge on any atom is -0.408 e. The molecule has 2 heterocycles. The summed E-state index contributed by atoms with van der Waals surface area (Å²) in [5.74, 6) is -0.872. The lowest BCUT2D eigenvalue weighted by molar-refractivity contribution is -0.117. The van der Waals surface area contributed by atoms with Gasteiger partial charge in [0.25, 0.3) is 0 Å². The first-order valence-corrected chi connectivity index (χ1v) is 8.88. The van der Waals surface area contributed by atoms with Gasteiger partial charge in [0.05, 0.1) is 5.52 Å². The van der Waals surface area contributed by atoms with E-state index in [1.54, 1.807) is 41.3 Å². The topological polar surface area (TPSA) is 84.5 Å². The molecule has 1 saturated heterocycles. The number of amides is 2. The van der Waals surface area contributed by atoms with Crippen LogP contribution in [0.4, 0.5) is 11.4 Å². The number of oxazole rings is 1. The molecule has 0 unspecified atom stereocenters. The molecule has 1 fully saturated rings. The van der Waals surface area contributed by atoms with Crippen molar-refractivity contribution in [2.75, 3.05) is 16.8 Å². The van der Waals surface area contributed by atoms with Crippen LogP contribution >= 0.6 is 11.6 Å². The highest BCUT2D eigenvalue weighted by Crippen LogP contribution is 2.23. The number of benzene rings is 2. The lowest BCUT2D eigenvalue weighted by atomic mass is 10.2. The van der Waals surface area contributed by atoms with Gasteiger partial charge in [-0.2, -0.15) is 0 Å². The molecule has 4 rings (SSSR count). The van der Waals surface area contributed by atoms with Crippen molar-refractivity contribution >= 4 is 45.9 Å². The molecule has 0 spiro atoms. The normalized spacial score (nSPS) is 14.1. The van der Waals surface area contributed by atoms with E-state index in [-0.39, 0.29) is 18.4 Å². The maximum absolute atomic E-state index is 12.3. The zero-order chi connectivity index (χ0) is 19.0. The lowest BCUT2D eigenvalue weighted by Crippen LogP contribution is -2.25. The van der Waals surface area contributed by atoms with Gasteiger partial charge in [0.2, 0.25) is 11.8 Å². The molecule has 1 aromatic heterocycles. The Hall–Kier alpha value is -3.06. The summed E-state index contributed by atoms with van der Waals surface area (Å²) in [5.41, 5.74) is 2.23. The standard InChI is InChI=1S/C19H16ClN3O4/c20-12-3-8-15-16(10-12)27-19(26)23(15)11-17(24)21-13-4-6-14(7-5-13)22-9-1-2-18(22)25/h3-8,10H,1-2,9,11H2,(H,21,24). The van der Waals surface area contributed by atoms with Gasteiger partial charge in [0, 0.05) is 35.4 Å². The molecule has 7 nitrogen and oxygen atoms in total. The Balaban J connectivity index is 1.48. The van der Waals surface area contributed by atoms with Gasteiger partial charge in [0.1, 0.15) is 6.54 Å². The van der Waals surface area contributed by atoms with Crippen LogP contribution in [0.15, 0.2) is 51.7 Å². The van der Waals surface area contributed by atoms with E-state index in [9.17, 15) is 14.4 Å². The summed E-state index contributed by atoms with van der Waals surface area (Å²) in [6, 6.07) is 11.8. The van der Waals surface area contributed by atoms with E-state index in [1.807, 2.05) is 0 Å². The van der Waals surface area contributed by atoms with Crippen molar-refractivity contribution < 1.29 is 14.0 Å². The summed E-state index contributed by atoms with van der Waals surface area (Å²) in [5, 5.41) is 3.19. The molecule has 0 radical (unpaired) electrons. The predicted molar refractivity (Wildman–Crippen MR) is 102 cm³/mol. The van der Waals surface area contributed by atoms with Crippen molar-refractivity contribution in [3.8, 4) is 0 Å². The molecule has 2 amide bonds. The largest absolute Gasteiger partial charge is 0.420 e. The molecule has 8 heteroatoms. The molecular weight excluding hydrogens is 370 g/mol. The van der Waals surface area contributed by atoms with E-state index in [0.717, 1.165) is 12.1 Å². The van der Waals surface area contributed by atoms with E-state index in [2.05, 4.69) is 5.32 Å². The number of fused-ring (bicyclic) bond motifs is 1. The van der Waals surface area contributed by atoms with Crippen molar-refractivity contribution in [3.63, 3.8) is 0 Å². The number of halogens is 1. The molecule has 0 aliphatic carbocycles. The molecule has 0 bridgehead atoms. The van der Waals surface area contributed by atoms with Gasteiger partial charge in [-0.15, -0.1) is 0 Å². The van der Waals surface area contributed by atoms with Crippen LogP contribution in [0.25, 0.3) is 11.1 Å². The smallest absolute Gasteiger partial charge is 0.408 e. The van der Waals surface area contributed by atoms with Gasteiger partial charge in [-0.1, -0.05) is 11.6 Å². The van der Waals surface area contributed by atoms with Crippen LogP contribution in [-0.4, -0.2) is 22.9 Å². The SMILES string of the molecule is O=C(Cn1c(=O)oc2cc(Cl)ccc21)Nc1ccc(N2CCCC2=O)cc1. The van der Waals surface area contributed by atoms with Crippen LogP contribution in [0.3, 0.4) is 0 Å². The number of aromatic nitrogens is 1. The fourth-order valence-electron chi connectivity index (χ4n) is 3.18. The Morgan fingerprint density at radius 3 is 2.63 bits per heavy atom. The number of carbonyl (C=O) groups is 2. The Morgan fingerprint density at radius 2 is 1.93 bits per heavy atom. The van der Waals surface area contributed by atoms with E-state index in [1.165, 1.54) is 10.6 Å². The number of hydrogen-bond acceptors (Lipinski definition) is 4. The first-order valence-electron chi connectivity index (χ1n) is 8.50. The number of carbonyl (C=O) groups excluding carboxylic acids is 2. The minimum absolute atomic E-state index is 0.109. The lowest BCUT2D eigenvalue weighted by Gasteiger charge is -2.16. The van der Waals surface area contributed by atoms with Crippen molar-refractivity contribution in [2.45, 2.75) is 19.4 Å². The average Bonchev–Trinajstić information content (AvgIpc) is 3.19. The first-order chi connectivity index (χ1) is 13.0. The zero-order valence-corrected chi connectivity index (χ0v) is 15.0. The summed E-state index contributed by atoms with van der Waals surface area (Å²) in [7, 11) is 0. The van der Waals surface area contributed by atoms with E-state index >= 15 is 0 Å². The Bertz CT molecular complexity index is 1080. The van der Waals surface area contributed by atoms with Crippen LogP contribution in [0.5, 0.6) is 0 Å². The van der Waals surface area contributed by atoms with Gasteiger partial charge in [0.15, 0.2) is 5.58 Å². The maximum Gasteiger partial charge on any atom is 0.420 e. The summed E-state index contributed by atoms with van der Waals surface area (Å²) >= 11 is 5.89. The third kappa shape index (κ3) is 3.46. The molecule has 1 aliphatic rings. The Labute approximate surface area is 159 Å². The van der Waals surface area contributed by atoms with Gasteiger partial charge >= 0.3 is 5.76 Å². The molecule has 0 atom stereocenters. The third-order valence-corrected chi connectivity index (χ3v) is 4.70. The molecule has 2 aromatic carbocycles. The number of hydrogen-bond donors (Lipinski definition) is 1. The third-order valence-electron chi connectivity index (χ3n) is 4.47. The molecule has 1 aliphatic heterocycles. The molecule has 3 aromatic rings. The van der Waals surface area contributed by atoms with Gasteiger partial charge in [-0.25, -0.2) is 4.79 Å². The van der Waals surface area contributed by atoms with E-state index in [0.29, 0.717) is 34.8 Å². The summed E-state index contributed by atoms with van der Waals surface area (Å²) in [4.78, 5) is 37.8. The summed E-state index contributed by atoms with van der Waals surface area (Å²) in [6.45, 7) is 0.533. The first kappa shape index (κ1) is 17.4. The van der Waals surface area contributed by atoms with Crippen LogP contribution in [0.1, 0.15) is 12.8 Å². The van der Waals surface area contributed by atoms with Crippen molar-refractivity contribution in [2.24, 2.45) is 0 Å². The predicted octanol–water partition coefficient (Wildman–Crippen LogP) is 3.01. The highest BCUT2D eigenvalue weighted by Gasteiger charge is 2.21. The van der Waals surface area contributed by atoms with Crippen LogP contribution < -0.4 is 16.0 Å². The van der Waals surface area contributed by atoms with Crippen LogP contribution in [0.2, 0.25) is 5.02 Å². The highest BCUT2D eigenvalue weighted by atomic mass is 35.5. The second-order valence-corrected chi connectivity index (χ2v) is 6.75. The summed E-state index contributed by atoms with van der Waals surface area (Å²) < 4.78 is 6.37. The van der Waals surface area contributed by atoms with E-state index < -0.39 is 5.76 Å². The molecule has 27 heavy (non-hydrogen) atoms. The minimum atomic E-state index is -0.620. The number of anilines is 2. The van der Waals surface area contributed by atoms with Crippen molar-refractivity contribution in [1.29, 1.82) is 0 Å². The van der Waals surface area contributed by atoms with Gasteiger partial charge in [-0.05, 0) is 42.8 Å². The molecule has 1 N–H and O–H groups in total. The van der Waals surface area contributed by atoms with Crippen LogP contribution in [-0.2, 0) is 16.1 Å². The zero-order valence-electron chi connectivity index (χ0n) is 14.3. The molecule has 138 valence electrons. The second-order valence-electron chi connectivity index (χ2n) is 6.31. The Kier molecular flexibility index (Phi) is 4.45. The Morgan fingerprint density at radius 1 is 1.15 bits per heavy atom. The molecular formula is C19H16ClN3O4. The average molecular weight is 386 g/mol.